The largest absolute Gasteiger partial charge is 0.478 e. The maximum atomic E-state index is 12.3. The number of aryl methyl sites for hydroxylation is 3. The van der Waals surface area contributed by atoms with Gasteiger partial charge in [0.25, 0.3) is 5.91 Å². The van der Waals surface area contributed by atoms with E-state index in [0.717, 1.165) is 5.56 Å². The Labute approximate surface area is 122 Å². The van der Waals surface area contributed by atoms with Crippen molar-refractivity contribution >= 4 is 17.6 Å². The Morgan fingerprint density at radius 3 is 2.67 bits per heavy atom. The highest BCUT2D eigenvalue weighted by Gasteiger charge is 2.17. The Morgan fingerprint density at radius 1 is 1.33 bits per heavy atom. The molecule has 0 saturated carbocycles. The topological polar surface area (TPSA) is 84.2 Å². The van der Waals surface area contributed by atoms with Gasteiger partial charge in [-0.3, -0.25) is 9.48 Å². The van der Waals surface area contributed by atoms with E-state index >= 15 is 0 Å². The van der Waals surface area contributed by atoms with Crippen LogP contribution in [0.4, 0.5) is 5.69 Å². The number of carbonyl (C=O) groups excluding carboxylic acids is 1. The molecule has 2 rings (SSSR count). The monoisotopic (exact) mass is 287 g/mol. The minimum atomic E-state index is -1.07. The molecule has 0 aliphatic heterocycles. The Morgan fingerprint density at radius 2 is 2.05 bits per heavy atom. The number of aromatic carboxylic acids is 1. The van der Waals surface area contributed by atoms with Gasteiger partial charge >= 0.3 is 5.97 Å². The van der Waals surface area contributed by atoms with Gasteiger partial charge in [0.05, 0.1) is 22.5 Å². The van der Waals surface area contributed by atoms with Crippen molar-refractivity contribution in [3.05, 3.63) is 46.8 Å². The molecule has 0 bridgehead atoms. The molecule has 110 valence electrons. The number of rotatable bonds is 4. The van der Waals surface area contributed by atoms with Crippen LogP contribution in [0.1, 0.15) is 38.9 Å². The van der Waals surface area contributed by atoms with E-state index in [4.69, 9.17) is 0 Å². The standard InChI is InChI=1S/C15H17N3O3/c1-4-12-11(8-18(3)17-12)14(19)16-13-6-5-9(2)7-10(13)15(20)21/h5-8H,4H2,1-3H3,(H,16,19)(H,20,21). The third-order valence-corrected chi connectivity index (χ3v) is 3.14. The lowest BCUT2D eigenvalue weighted by atomic mass is 10.1. The lowest BCUT2D eigenvalue weighted by Crippen LogP contribution is -2.15. The van der Waals surface area contributed by atoms with Gasteiger partial charge in [-0.05, 0) is 25.5 Å². The predicted molar refractivity (Wildman–Crippen MR) is 78.7 cm³/mol. The summed E-state index contributed by atoms with van der Waals surface area (Å²) in [4.78, 5) is 23.6. The fraction of sp³-hybridized carbons (Fsp3) is 0.267. The molecule has 1 aromatic carbocycles. The van der Waals surface area contributed by atoms with Crippen molar-refractivity contribution in [1.82, 2.24) is 9.78 Å². The van der Waals surface area contributed by atoms with Crippen molar-refractivity contribution in [3.8, 4) is 0 Å². The fourth-order valence-corrected chi connectivity index (χ4v) is 2.12. The van der Waals surface area contributed by atoms with Crippen LogP contribution in [0, 0.1) is 6.92 Å². The third-order valence-electron chi connectivity index (χ3n) is 3.14. The summed E-state index contributed by atoms with van der Waals surface area (Å²) in [5, 5.41) is 16.1. The summed E-state index contributed by atoms with van der Waals surface area (Å²) in [6.45, 7) is 3.71. The quantitative estimate of drug-likeness (QED) is 0.903. The molecule has 2 aromatic rings. The molecule has 0 radical (unpaired) electrons. The highest BCUT2D eigenvalue weighted by molar-refractivity contribution is 6.08. The number of anilines is 1. The number of nitrogens with one attached hydrogen (secondary N) is 1. The Kier molecular flexibility index (Phi) is 4.07. The van der Waals surface area contributed by atoms with Crippen LogP contribution in [0.2, 0.25) is 0 Å². The van der Waals surface area contributed by atoms with Crippen LogP contribution in [0.15, 0.2) is 24.4 Å². The van der Waals surface area contributed by atoms with Gasteiger partial charge in [-0.2, -0.15) is 5.10 Å². The molecule has 0 unspecified atom stereocenters. The number of amides is 1. The average molecular weight is 287 g/mol. The van der Waals surface area contributed by atoms with E-state index in [9.17, 15) is 14.7 Å². The Bertz CT molecular complexity index is 704. The van der Waals surface area contributed by atoms with Gasteiger partial charge in [-0.1, -0.05) is 18.6 Å². The molecule has 0 aliphatic carbocycles. The van der Waals surface area contributed by atoms with Crippen molar-refractivity contribution in [1.29, 1.82) is 0 Å². The van der Waals surface area contributed by atoms with E-state index in [1.54, 1.807) is 37.0 Å². The predicted octanol–water partition coefficient (Wildman–Crippen LogP) is 2.24. The zero-order chi connectivity index (χ0) is 15.6. The van der Waals surface area contributed by atoms with E-state index < -0.39 is 5.97 Å². The van der Waals surface area contributed by atoms with E-state index in [1.807, 2.05) is 6.92 Å². The van der Waals surface area contributed by atoms with Crippen LogP contribution in [0.3, 0.4) is 0 Å². The second-order valence-electron chi connectivity index (χ2n) is 4.83. The molecule has 6 heteroatoms. The maximum absolute atomic E-state index is 12.3. The zero-order valence-electron chi connectivity index (χ0n) is 12.2. The second-order valence-corrected chi connectivity index (χ2v) is 4.83. The molecule has 6 nitrogen and oxygen atoms in total. The molecule has 0 saturated heterocycles. The van der Waals surface area contributed by atoms with Gasteiger partial charge in [-0.25, -0.2) is 4.79 Å². The minimum absolute atomic E-state index is 0.0743. The third kappa shape index (κ3) is 3.10. The summed E-state index contributed by atoms with van der Waals surface area (Å²) in [5.41, 5.74) is 2.31. The smallest absolute Gasteiger partial charge is 0.337 e. The highest BCUT2D eigenvalue weighted by atomic mass is 16.4. The summed E-state index contributed by atoms with van der Waals surface area (Å²) >= 11 is 0. The van der Waals surface area contributed by atoms with Crippen LogP contribution in [-0.2, 0) is 13.5 Å². The number of aromatic nitrogens is 2. The van der Waals surface area contributed by atoms with Crippen molar-refractivity contribution in [2.45, 2.75) is 20.3 Å². The van der Waals surface area contributed by atoms with Gasteiger partial charge in [0.1, 0.15) is 0 Å². The maximum Gasteiger partial charge on any atom is 0.337 e. The molecule has 21 heavy (non-hydrogen) atoms. The minimum Gasteiger partial charge on any atom is -0.478 e. The van der Waals surface area contributed by atoms with Gasteiger partial charge in [0.15, 0.2) is 0 Å². The first-order valence-electron chi connectivity index (χ1n) is 6.60. The molecule has 1 aromatic heterocycles. The van der Waals surface area contributed by atoms with Crippen molar-refractivity contribution in [2.75, 3.05) is 5.32 Å². The van der Waals surface area contributed by atoms with Crippen LogP contribution in [0.5, 0.6) is 0 Å². The van der Waals surface area contributed by atoms with Crippen molar-refractivity contribution in [3.63, 3.8) is 0 Å². The van der Waals surface area contributed by atoms with Crippen molar-refractivity contribution < 1.29 is 14.7 Å². The lowest BCUT2D eigenvalue weighted by molar-refractivity contribution is 0.0698. The van der Waals surface area contributed by atoms with E-state index in [2.05, 4.69) is 10.4 Å². The summed E-state index contributed by atoms with van der Waals surface area (Å²) in [6, 6.07) is 4.88. The normalized spacial score (nSPS) is 10.4. The van der Waals surface area contributed by atoms with Crippen LogP contribution >= 0.6 is 0 Å². The SMILES string of the molecule is CCc1nn(C)cc1C(=O)Nc1ccc(C)cc1C(=O)O. The van der Waals surface area contributed by atoms with E-state index in [-0.39, 0.29) is 17.2 Å². The number of benzene rings is 1. The number of carboxylic acid groups (broad SMARTS) is 1. The molecule has 2 N–H and O–H groups in total. The van der Waals surface area contributed by atoms with E-state index in [0.29, 0.717) is 17.7 Å². The number of hydrogen-bond donors (Lipinski definition) is 2. The molecule has 0 spiro atoms. The molecule has 0 fully saturated rings. The first-order chi connectivity index (χ1) is 9.92. The number of hydrogen-bond acceptors (Lipinski definition) is 3. The summed E-state index contributed by atoms with van der Waals surface area (Å²) in [5.74, 6) is -1.43. The molecule has 1 amide bonds. The number of nitrogens with zero attached hydrogens (tertiary/aromatic N) is 2. The second kappa shape index (κ2) is 5.78. The van der Waals surface area contributed by atoms with Crippen molar-refractivity contribution in [2.24, 2.45) is 7.05 Å². The lowest BCUT2D eigenvalue weighted by Gasteiger charge is -2.09. The van der Waals surface area contributed by atoms with Gasteiger partial charge in [0, 0.05) is 13.2 Å². The van der Waals surface area contributed by atoms with Gasteiger partial charge in [0.2, 0.25) is 0 Å². The fourth-order valence-electron chi connectivity index (χ4n) is 2.12. The van der Waals surface area contributed by atoms with Crippen LogP contribution < -0.4 is 5.32 Å². The molecular weight excluding hydrogens is 270 g/mol. The number of carboxylic acids is 1. The summed E-state index contributed by atoms with van der Waals surface area (Å²) in [7, 11) is 1.74. The Hall–Kier alpha value is -2.63. The van der Waals surface area contributed by atoms with Gasteiger partial charge in [-0.15, -0.1) is 0 Å². The molecule has 1 heterocycles. The molecular formula is C15H17N3O3. The summed E-state index contributed by atoms with van der Waals surface area (Å²) in [6.07, 6.45) is 2.26. The highest BCUT2D eigenvalue weighted by Crippen LogP contribution is 2.19. The Balaban J connectivity index is 2.33. The van der Waals surface area contributed by atoms with E-state index in [1.165, 1.54) is 6.07 Å². The summed E-state index contributed by atoms with van der Waals surface area (Å²) < 4.78 is 1.57. The molecule has 0 atom stereocenters. The average Bonchev–Trinajstić information content (AvgIpc) is 2.81. The molecule has 0 aliphatic rings. The zero-order valence-corrected chi connectivity index (χ0v) is 12.2. The van der Waals surface area contributed by atoms with Gasteiger partial charge < -0.3 is 10.4 Å². The first kappa shape index (κ1) is 14.8. The van der Waals surface area contributed by atoms with Crippen LogP contribution in [-0.4, -0.2) is 26.8 Å². The number of carbonyl (C=O) groups is 2. The first-order valence-corrected chi connectivity index (χ1v) is 6.60. The van der Waals surface area contributed by atoms with Crippen LogP contribution in [0.25, 0.3) is 0 Å².